The fraction of sp³-hybridized carbons (Fsp3) is 0.368. The minimum absolute atomic E-state index is 0.0394. The van der Waals surface area contributed by atoms with Gasteiger partial charge in [0.05, 0.1) is 36.7 Å². The number of halogens is 3. The minimum atomic E-state index is -1.62. The Morgan fingerprint density at radius 1 is 1.16 bits per heavy atom. The molecule has 1 saturated heterocycles. The Bertz CT molecular complexity index is 1060. The normalized spacial score (nSPS) is 18.4. The molecular formula is C19H19F3N6O3. The first-order valence-electron chi connectivity index (χ1n) is 9.48. The maximum atomic E-state index is 13.5. The number of nitrogens with one attached hydrogen (secondary N) is 1. The van der Waals surface area contributed by atoms with Crippen LogP contribution >= 0.6 is 0 Å². The molecule has 0 aliphatic carbocycles. The van der Waals surface area contributed by atoms with Crippen molar-refractivity contribution >= 4 is 29.2 Å². The average molecular weight is 436 g/mol. The van der Waals surface area contributed by atoms with Gasteiger partial charge in [-0.15, -0.1) is 0 Å². The highest BCUT2D eigenvalue weighted by Gasteiger charge is 2.36. The van der Waals surface area contributed by atoms with Crippen LogP contribution in [0.15, 0.2) is 18.3 Å². The molecule has 4 rings (SSSR count). The molecule has 12 heteroatoms. The molecule has 1 atom stereocenters. The van der Waals surface area contributed by atoms with E-state index in [1.165, 1.54) is 27.8 Å². The zero-order valence-electron chi connectivity index (χ0n) is 16.7. The van der Waals surface area contributed by atoms with Gasteiger partial charge in [-0.05, 0) is 6.92 Å². The van der Waals surface area contributed by atoms with Gasteiger partial charge in [0, 0.05) is 24.7 Å². The molecule has 1 aromatic carbocycles. The largest absolute Gasteiger partial charge is 0.322 e. The van der Waals surface area contributed by atoms with Gasteiger partial charge in [0.1, 0.15) is 13.2 Å². The predicted molar refractivity (Wildman–Crippen MR) is 102 cm³/mol. The van der Waals surface area contributed by atoms with E-state index in [0.717, 1.165) is 0 Å². The molecule has 3 heterocycles. The van der Waals surface area contributed by atoms with E-state index in [4.69, 9.17) is 0 Å². The Balaban J connectivity index is 1.55. The Labute approximate surface area is 175 Å². The van der Waals surface area contributed by atoms with Crippen LogP contribution in [-0.2, 0) is 22.7 Å². The van der Waals surface area contributed by atoms with Gasteiger partial charge in [-0.3, -0.25) is 19.2 Å². The van der Waals surface area contributed by atoms with Gasteiger partial charge in [0.25, 0.3) is 0 Å². The highest BCUT2D eigenvalue weighted by atomic mass is 19.2. The molecule has 2 aliphatic rings. The summed E-state index contributed by atoms with van der Waals surface area (Å²) in [5, 5.41) is 6.66. The maximum Gasteiger partial charge on any atom is 0.322 e. The van der Waals surface area contributed by atoms with Crippen molar-refractivity contribution in [1.29, 1.82) is 0 Å². The molecule has 9 nitrogen and oxygen atoms in total. The molecule has 1 fully saturated rings. The van der Waals surface area contributed by atoms with Crippen molar-refractivity contribution < 1.29 is 27.6 Å². The number of aromatic nitrogens is 2. The second-order valence-electron chi connectivity index (χ2n) is 7.50. The van der Waals surface area contributed by atoms with Gasteiger partial charge >= 0.3 is 6.03 Å². The molecule has 2 aromatic rings. The Morgan fingerprint density at radius 3 is 2.45 bits per heavy atom. The first kappa shape index (κ1) is 20.7. The lowest BCUT2D eigenvalue weighted by Gasteiger charge is -2.35. The van der Waals surface area contributed by atoms with Crippen LogP contribution < -0.4 is 10.2 Å². The lowest BCUT2D eigenvalue weighted by Crippen LogP contribution is -2.47. The van der Waals surface area contributed by atoms with Crippen LogP contribution in [0.3, 0.4) is 0 Å². The molecule has 0 bridgehead atoms. The predicted octanol–water partition coefficient (Wildman–Crippen LogP) is 1.89. The molecule has 2 aliphatic heterocycles. The van der Waals surface area contributed by atoms with Crippen molar-refractivity contribution in [3.63, 3.8) is 0 Å². The van der Waals surface area contributed by atoms with Crippen LogP contribution in [0.25, 0.3) is 0 Å². The van der Waals surface area contributed by atoms with Crippen molar-refractivity contribution in [2.75, 3.05) is 23.4 Å². The smallest absolute Gasteiger partial charge is 0.315 e. The number of carbonyl (C=O) groups is 3. The minimum Gasteiger partial charge on any atom is -0.315 e. The summed E-state index contributed by atoms with van der Waals surface area (Å²) in [6.45, 7) is 3.59. The van der Waals surface area contributed by atoms with Crippen molar-refractivity contribution in [2.24, 2.45) is 0 Å². The first-order chi connectivity index (χ1) is 14.7. The number of urea groups is 1. The third-order valence-electron chi connectivity index (χ3n) is 5.39. The summed E-state index contributed by atoms with van der Waals surface area (Å²) in [4.78, 5) is 41.0. The summed E-state index contributed by atoms with van der Waals surface area (Å²) >= 11 is 0. The van der Waals surface area contributed by atoms with Crippen molar-refractivity contribution in [3.05, 3.63) is 41.5 Å². The Kier molecular flexibility index (Phi) is 5.07. The molecule has 0 radical (unpaired) electrons. The summed E-state index contributed by atoms with van der Waals surface area (Å²) in [6, 6.07) is 0.424. The number of carbonyl (C=O) groups excluding carboxylic acids is 3. The molecular weight excluding hydrogens is 417 g/mol. The summed E-state index contributed by atoms with van der Waals surface area (Å²) in [6.07, 6.45) is 1.51. The highest BCUT2D eigenvalue weighted by Crippen LogP contribution is 2.29. The molecule has 164 valence electrons. The molecule has 4 amide bonds. The van der Waals surface area contributed by atoms with Gasteiger partial charge in [0.15, 0.2) is 17.5 Å². The number of anilines is 2. The number of benzene rings is 1. The van der Waals surface area contributed by atoms with Gasteiger partial charge in [-0.1, -0.05) is 0 Å². The van der Waals surface area contributed by atoms with Gasteiger partial charge < -0.3 is 15.1 Å². The fourth-order valence-electron chi connectivity index (χ4n) is 3.68. The average Bonchev–Trinajstić information content (AvgIpc) is 3.28. The summed E-state index contributed by atoms with van der Waals surface area (Å²) in [7, 11) is 0. The van der Waals surface area contributed by atoms with E-state index in [-0.39, 0.29) is 43.3 Å². The summed E-state index contributed by atoms with van der Waals surface area (Å²) in [5.41, 5.74) is 0.848. The SMILES string of the molecule is CC(=O)N1CC(=O)N(c2cnn3c2CN(C(=O)Nc2cc(F)c(F)c(F)c2)[C@@H](C)C3)C1. The third-order valence-corrected chi connectivity index (χ3v) is 5.39. The topological polar surface area (TPSA) is 90.8 Å². The van der Waals surface area contributed by atoms with Gasteiger partial charge in [-0.25, -0.2) is 18.0 Å². The maximum absolute atomic E-state index is 13.5. The number of rotatable bonds is 2. The van der Waals surface area contributed by atoms with E-state index >= 15 is 0 Å². The lowest BCUT2D eigenvalue weighted by molar-refractivity contribution is -0.129. The van der Waals surface area contributed by atoms with E-state index in [1.54, 1.807) is 11.6 Å². The van der Waals surface area contributed by atoms with E-state index in [2.05, 4.69) is 10.4 Å². The highest BCUT2D eigenvalue weighted by molar-refractivity contribution is 6.00. The van der Waals surface area contributed by atoms with Crippen molar-refractivity contribution in [2.45, 2.75) is 33.0 Å². The van der Waals surface area contributed by atoms with Crippen LogP contribution in [0, 0.1) is 17.5 Å². The number of amides is 4. The van der Waals surface area contributed by atoms with Crippen LogP contribution in [0.2, 0.25) is 0 Å². The van der Waals surface area contributed by atoms with Crippen LogP contribution in [0.5, 0.6) is 0 Å². The molecule has 31 heavy (non-hydrogen) atoms. The van der Waals surface area contributed by atoms with E-state index in [9.17, 15) is 27.6 Å². The van der Waals surface area contributed by atoms with Crippen molar-refractivity contribution in [3.8, 4) is 0 Å². The Hall–Kier alpha value is -3.57. The van der Waals surface area contributed by atoms with Crippen LogP contribution in [0.4, 0.5) is 29.3 Å². The van der Waals surface area contributed by atoms with E-state index < -0.39 is 23.5 Å². The fourth-order valence-corrected chi connectivity index (χ4v) is 3.68. The quantitative estimate of drug-likeness (QED) is 0.728. The van der Waals surface area contributed by atoms with Gasteiger partial charge in [-0.2, -0.15) is 5.10 Å². The van der Waals surface area contributed by atoms with E-state index in [0.29, 0.717) is 30.1 Å². The second kappa shape index (κ2) is 7.60. The summed E-state index contributed by atoms with van der Waals surface area (Å²) in [5.74, 6) is -4.94. The number of hydrogen-bond acceptors (Lipinski definition) is 4. The third kappa shape index (κ3) is 3.68. The number of fused-ring (bicyclic) bond motifs is 1. The van der Waals surface area contributed by atoms with Crippen molar-refractivity contribution in [1.82, 2.24) is 19.6 Å². The molecule has 1 N–H and O–H groups in total. The molecule has 0 saturated carbocycles. The number of nitrogens with zero attached hydrogens (tertiary/aromatic N) is 5. The zero-order chi connectivity index (χ0) is 22.4. The van der Waals surface area contributed by atoms with Crippen LogP contribution in [0.1, 0.15) is 19.5 Å². The summed E-state index contributed by atoms with van der Waals surface area (Å²) < 4.78 is 41.7. The van der Waals surface area contributed by atoms with Crippen LogP contribution in [-0.4, -0.2) is 56.7 Å². The first-order valence-corrected chi connectivity index (χ1v) is 9.48. The molecule has 0 unspecified atom stereocenters. The standard InChI is InChI=1S/C19H19F3N6O3/c1-10-6-28-16(15(5-23-28)27-9-25(11(2)29)8-17(27)30)7-26(10)19(31)24-12-3-13(20)18(22)14(21)4-12/h3-5,10H,6-9H2,1-2H3,(H,24,31)/t10-/m0/s1. The number of hydrogen-bond donors (Lipinski definition) is 1. The lowest BCUT2D eigenvalue weighted by atomic mass is 10.2. The van der Waals surface area contributed by atoms with Gasteiger partial charge in [0.2, 0.25) is 11.8 Å². The molecule has 0 spiro atoms. The zero-order valence-corrected chi connectivity index (χ0v) is 16.7. The molecule has 1 aromatic heterocycles. The Morgan fingerprint density at radius 2 is 1.84 bits per heavy atom. The van der Waals surface area contributed by atoms with E-state index in [1.807, 2.05) is 0 Å². The monoisotopic (exact) mass is 436 g/mol. The second-order valence-corrected chi connectivity index (χ2v) is 7.50.